The molecule has 1 fully saturated rings. The standard InChI is InChI=1S/C15H26N4O/c1-4-6-13-17-14(16-5-2)11-15(18-13)20-10-9-19(3)12-7-8-12/h11-12H,4-10H2,1-3H3,(H,16,17,18). The fourth-order valence-corrected chi connectivity index (χ4v) is 2.15. The first-order valence-corrected chi connectivity index (χ1v) is 7.67. The van der Waals surface area contributed by atoms with Crippen LogP contribution in [0.3, 0.4) is 0 Å². The minimum Gasteiger partial charge on any atom is -0.476 e. The van der Waals surface area contributed by atoms with Gasteiger partial charge in [-0.15, -0.1) is 0 Å². The van der Waals surface area contributed by atoms with Crippen LogP contribution in [0.5, 0.6) is 5.88 Å². The molecular formula is C15H26N4O. The SMILES string of the molecule is CCCc1nc(NCC)cc(OCCN(C)C2CC2)n1. The second-order valence-electron chi connectivity index (χ2n) is 5.35. The monoisotopic (exact) mass is 278 g/mol. The Morgan fingerprint density at radius 1 is 1.35 bits per heavy atom. The molecule has 5 heteroatoms. The maximum Gasteiger partial charge on any atom is 0.218 e. The third kappa shape index (κ3) is 4.63. The summed E-state index contributed by atoms with van der Waals surface area (Å²) in [7, 11) is 2.16. The molecule has 0 aliphatic heterocycles. The Labute approximate surface area is 121 Å². The number of nitrogens with zero attached hydrogens (tertiary/aromatic N) is 3. The third-order valence-corrected chi connectivity index (χ3v) is 3.44. The number of hydrogen-bond acceptors (Lipinski definition) is 5. The van der Waals surface area contributed by atoms with Gasteiger partial charge in [0.05, 0.1) is 0 Å². The van der Waals surface area contributed by atoms with Crippen molar-refractivity contribution < 1.29 is 4.74 Å². The smallest absolute Gasteiger partial charge is 0.218 e. The Bertz CT molecular complexity index is 396. The fourth-order valence-electron chi connectivity index (χ4n) is 2.15. The van der Waals surface area contributed by atoms with Gasteiger partial charge in [-0.2, -0.15) is 4.98 Å². The van der Waals surface area contributed by atoms with Gasteiger partial charge < -0.3 is 15.0 Å². The Balaban J connectivity index is 1.90. The number of anilines is 1. The van der Waals surface area contributed by atoms with Crippen LogP contribution >= 0.6 is 0 Å². The minimum atomic E-state index is 0.682. The first-order chi connectivity index (χ1) is 9.72. The number of ether oxygens (including phenoxy) is 1. The van der Waals surface area contributed by atoms with E-state index >= 15 is 0 Å². The number of hydrogen-bond donors (Lipinski definition) is 1. The number of likely N-dealkylation sites (N-methyl/N-ethyl adjacent to an activating group) is 1. The van der Waals surface area contributed by atoms with E-state index in [4.69, 9.17) is 4.74 Å². The predicted molar refractivity (Wildman–Crippen MR) is 81.3 cm³/mol. The summed E-state index contributed by atoms with van der Waals surface area (Å²) in [6.45, 7) is 6.68. The summed E-state index contributed by atoms with van der Waals surface area (Å²) in [5, 5.41) is 3.23. The predicted octanol–water partition coefficient (Wildman–Crippen LogP) is 2.33. The topological polar surface area (TPSA) is 50.3 Å². The normalized spacial score (nSPS) is 14.6. The molecule has 0 aromatic carbocycles. The molecule has 0 spiro atoms. The van der Waals surface area contributed by atoms with Crippen LogP contribution in [0.4, 0.5) is 5.82 Å². The first-order valence-electron chi connectivity index (χ1n) is 7.67. The van der Waals surface area contributed by atoms with E-state index in [1.54, 1.807) is 0 Å². The first kappa shape index (κ1) is 15.0. The molecule has 5 nitrogen and oxygen atoms in total. The van der Waals surface area contributed by atoms with Crippen LogP contribution in [0, 0.1) is 0 Å². The highest BCUT2D eigenvalue weighted by molar-refractivity contribution is 5.38. The molecule has 1 saturated carbocycles. The van der Waals surface area contributed by atoms with Crippen LogP contribution < -0.4 is 10.1 Å². The van der Waals surface area contributed by atoms with Crippen molar-refractivity contribution >= 4 is 5.82 Å². The van der Waals surface area contributed by atoms with Crippen molar-refractivity contribution in [2.75, 3.05) is 32.1 Å². The summed E-state index contributed by atoms with van der Waals surface area (Å²) in [5.74, 6) is 2.40. The lowest BCUT2D eigenvalue weighted by Crippen LogP contribution is -2.26. The van der Waals surface area contributed by atoms with Gasteiger partial charge in [-0.1, -0.05) is 6.92 Å². The summed E-state index contributed by atoms with van der Waals surface area (Å²) in [5.41, 5.74) is 0. The van der Waals surface area contributed by atoms with Gasteiger partial charge in [0.1, 0.15) is 18.2 Å². The molecule has 0 atom stereocenters. The van der Waals surface area contributed by atoms with E-state index in [1.807, 2.05) is 6.07 Å². The molecule has 0 radical (unpaired) electrons. The lowest BCUT2D eigenvalue weighted by atomic mass is 10.3. The Morgan fingerprint density at radius 2 is 2.15 bits per heavy atom. The average molecular weight is 278 g/mol. The molecule has 2 rings (SSSR count). The molecule has 0 bridgehead atoms. The van der Waals surface area contributed by atoms with Crippen molar-refractivity contribution in [2.24, 2.45) is 0 Å². The second kappa shape index (κ2) is 7.43. The van der Waals surface area contributed by atoms with Crippen molar-refractivity contribution in [3.8, 4) is 5.88 Å². The van der Waals surface area contributed by atoms with Crippen molar-refractivity contribution in [1.82, 2.24) is 14.9 Å². The molecule has 0 saturated heterocycles. The van der Waals surface area contributed by atoms with E-state index in [9.17, 15) is 0 Å². The summed E-state index contributed by atoms with van der Waals surface area (Å²) in [4.78, 5) is 11.3. The highest BCUT2D eigenvalue weighted by atomic mass is 16.5. The summed E-state index contributed by atoms with van der Waals surface area (Å²) < 4.78 is 5.80. The maximum atomic E-state index is 5.80. The van der Waals surface area contributed by atoms with Crippen molar-refractivity contribution in [3.05, 3.63) is 11.9 Å². The van der Waals surface area contributed by atoms with Gasteiger partial charge in [0, 0.05) is 31.6 Å². The molecular weight excluding hydrogens is 252 g/mol. The molecule has 1 aromatic heterocycles. The zero-order chi connectivity index (χ0) is 14.4. The molecule has 1 heterocycles. The van der Waals surface area contributed by atoms with Crippen LogP contribution in [0.1, 0.15) is 38.9 Å². The Hall–Kier alpha value is -1.36. The van der Waals surface area contributed by atoms with E-state index in [2.05, 4.69) is 41.1 Å². The number of aryl methyl sites for hydroxylation is 1. The van der Waals surface area contributed by atoms with Gasteiger partial charge >= 0.3 is 0 Å². The van der Waals surface area contributed by atoms with E-state index < -0.39 is 0 Å². The Kier molecular flexibility index (Phi) is 5.59. The summed E-state index contributed by atoms with van der Waals surface area (Å²) in [6, 6.07) is 2.66. The molecule has 0 unspecified atom stereocenters. The Morgan fingerprint density at radius 3 is 2.80 bits per heavy atom. The highest BCUT2D eigenvalue weighted by Crippen LogP contribution is 2.24. The molecule has 0 amide bonds. The molecule has 20 heavy (non-hydrogen) atoms. The zero-order valence-corrected chi connectivity index (χ0v) is 12.9. The lowest BCUT2D eigenvalue weighted by molar-refractivity contribution is 0.226. The van der Waals surface area contributed by atoms with E-state index in [0.29, 0.717) is 12.5 Å². The minimum absolute atomic E-state index is 0.682. The van der Waals surface area contributed by atoms with E-state index in [1.165, 1.54) is 12.8 Å². The molecule has 1 aliphatic carbocycles. The summed E-state index contributed by atoms with van der Waals surface area (Å²) >= 11 is 0. The van der Waals surface area contributed by atoms with Gasteiger partial charge in [-0.25, -0.2) is 4.98 Å². The van der Waals surface area contributed by atoms with Crippen LogP contribution in [0.2, 0.25) is 0 Å². The van der Waals surface area contributed by atoms with Gasteiger partial charge in [-0.3, -0.25) is 0 Å². The lowest BCUT2D eigenvalue weighted by Gasteiger charge is -2.16. The largest absolute Gasteiger partial charge is 0.476 e. The van der Waals surface area contributed by atoms with Crippen LogP contribution in [0.25, 0.3) is 0 Å². The molecule has 1 aliphatic rings. The average Bonchev–Trinajstić information content (AvgIpc) is 3.23. The maximum absolute atomic E-state index is 5.80. The zero-order valence-electron chi connectivity index (χ0n) is 12.9. The quantitative estimate of drug-likeness (QED) is 0.751. The molecule has 112 valence electrons. The number of aromatic nitrogens is 2. The second-order valence-corrected chi connectivity index (χ2v) is 5.35. The highest BCUT2D eigenvalue weighted by Gasteiger charge is 2.25. The van der Waals surface area contributed by atoms with Crippen molar-refractivity contribution in [1.29, 1.82) is 0 Å². The van der Waals surface area contributed by atoms with Crippen LogP contribution in [0.15, 0.2) is 6.07 Å². The van der Waals surface area contributed by atoms with Crippen molar-refractivity contribution in [3.63, 3.8) is 0 Å². The van der Waals surface area contributed by atoms with Crippen LogP contribution in [-0.2, 0) is 6.42 Å². The summed E-state index contributed by atoms with van der Waals surface area (Å²) in [6.07, 6.45) is 4.58. The molecule has 1 N–H and O–H groups in total. The fraction of sp³-hybridized carbons (Fsp3) is 0.733. The van der Waals surface area contributed by atoms with E-state index in [-0.39, 0.29) is 0 Å². The van der Waals surface area contributed by atoms with Crippen LogP contribution in [-0.4, -0.2) is 47.7 Å². The third-order valence-electron chi connectivity index (χ3n) is 3.44. The van der Waals surface area contributed by atoms with Gasteiger partial charge in [-0.05, 0) is 33.2 Å². The number of nitrogens with one attached hydrogen (secondary N) is 1. The van der Waals surface area contributed by atoms with E-state index in [0.717, 1.165) is 43.6 Å². The van der Waals surface area contributed by atoms with Gasteiger partial charge in [0.25, 0.3) is 0 Å². The van der Waals surface area contributed by atoms with Gasteiger partial charge in [0.2, 0.25) is 5.88 Å². The van der Waals surface area contributed by atoms with Crippen molar-refractivity contribution in [2.45, 2.75) is 45.6 Å². The number of rotatable bonds is 9. The molecule has 1 aromatic rings. The van der Waals surface area contributed by atoms with Gasteiger partial charge in [0.15, 0.2) is 0 Å².